The summed E-state index contributed by atoms with van der Waals surface area (Å²) in [6.07, 6.45) is 3.74. The van der Waals surface area contributed by atoms with Crippen molar-refractivity contribution in [3.8, 4) is 0 Å². The number of amides is 1. The van der Waals surface area contributed by atoms with Gasteiger partial charge < -0.3 is 10.6 Å². The fraction of sp³-hybridized carbons (Fsp3) is 0.700. The first kappa shape index (κ1) is 10.9. The minimum atomic E-state index is 0.0980. The van der Waals surface area contributed by atoms with Crippen molar-refractivity contribution in [2.45, 2.75) is 26.3 Å². The molecular weight excluding hydrogens is 206 g/mol. The van der Waals surface area contributed by atoms with Gasteiger partial charge >= 0.3 is 0 Å². The third-order valence-corrected chi connectivity index (χ3v) is 3.07. The molecule has 0 saturated carbocycles. The average molecular weight is 223 g/mol. The molecule has 0 radical (unpaired) electrons. The van der Waals surface area contributed by atoms with Crippen molar-refractivity contribution in [2.75, 3.05) is 18.8 Å². The third kappa shape index (κ3) is 2.32. The molecule has 16 heavy (non-hydrogen) atoms. The number of nitrogen functional groups attached to an aromatic ring is 1. The highest BCUT2D eigenvalue weighted by molar-refractivity contribution is 5.76. The zero-order chi connectivity index (χ0) is 11.5. The topological polar surface area (TPSA) is 77.0 Å². The van der Waals surface area contributed by atoms with Gasteiger partial charge in [0.25, 0.3) is 0 Å². The minimum absolute atomic E-state index is 0.0980. The van der Waals surface area contributed by atoms with Crippen LogP contribution in [-0.4, -0.2) is 38.7 Å². The van der Waals surface area contributed by atoms with Crippen molar-refractivity contribution >= 4 is 11.9 Å². The molecule has 2 rings (SSSR count). The molecule has 88 valence electrons. The molecule has 0 bridgehead atoms. The highest BCUT2D eigenvalue weighted by atomic mass is 16.2. The summed E-state index contributed by atoms with van der Waals surface area (Å²) in [4.78, 5) is 17.6. The summed E-state index contributed by atoms with van der Waals surface area (Å²) in [5.74, 6) is 0.964. The van der Waals surface area contributed by atoms with Gasteiger partial charge in [-0.25, -0.2) is 9.67 Å². The van der Waals surface area contributed by atoms with Gasteiger partial charge in [0.1, 0.15) is 12.9 Å². The number of hydrogen-bond donors (Lipinski definition) is 1. The fourth-order valence-electron chi connectivity index (χ4n) is 2.02. The van der Waals surface area contributed by atoms with Gasteiger partial charge in [-0.2, -0.15) is 0 Å². The molecule has 1 aromatic rings. The number of hydrogen-bond acceptors (Lipinski definition) is 4. The molecule has 0 spiro atoms. The highest BCUT2D eigenvalue weighted by Gasteiger charge is 2.24. The lowest BCUT2D eigenvalue weighted by atomic mass is 10.1. The largest absolute Gasteiger partial charge is 0.367 e. The second kappa shape index (κ2) is 4.51. The van der Waals surface area contributed by atoms with Gasteiger partial charge in [0.05, 0.1) is 0 Å². The zero-order valence-electron chi connectivity index (χ0n) is 9.46. The maximum atomic E-state index is 11.9. The lowest BCUT2D eigenvalue weighted by Gasteiger charge is -2.15. The van der Waals surface area contributed by atoms with E-state index in [1.807, 2.05) is 4.90 Å². The first-order chi connectivity index (χ1) is 7.69. The van der Waals surface area contributed by atoms with E-state index >= 15 is 0 Å². The van der Waals surface area contributed by atoms with E-state index in [2.05, 4.69) is 17.0 Å². The van der Waals surface area contributed by atoms with Gasteiger partial charge in [-0.1, -0.05) is 13.3 Å². The normalized spacial score (nSPS) is 20.3. The van der Waals surface area contributed by atoms with Crippen LogP contribution in [0.25, 0.3) is 0 Å². The van der Waals surface area contributed by atoms with Gasteiger partial charge in [0, 0.05) is 13.1 Å². The molecule has 1 aliphatic heterocycles. The van der Waals surface area contributed by atoms with Gasteiger partial charge in [0.15, 0.2) is 0 Å². The van der Waals surface area contributed by atoms with E-state index in [0.717, 1.165) is 25.9 Å². The van der Waals surface area contributed by atoms with E-state index in [1.165, 1.54) is 11.0 Å². The molecule has 1 atom stereocenters. The van der Waals surface area contributed by atoms with E-state index in [1.54, 1.807) is 0 Å². The molecule has 0 aliphatic carbocycles. The molecule has 0 aromatic carbocycles. The lowest BCUT2D eigenvalue weighted by molar-refractivity contribution is -0.131. The van der Waals surface area contributed by atoms with Crippen LogP contribution >= 0.6 is 0 Å². The Balaban J connectivity index is 1.89. The predicted molar refractivity (Wildman–Crippen MR) is 59.4 cm³/mol. The quantitative estimate of drug-likeness (QED) is 0.789. The Hall–Kier alpha value is -1.59. The Morgan fingerprint density at radius 1 is 1.69 bits per heavy atom. The summed E-state index contributed by atoms with van der Waals surface area (Å²) in [7, 11) is 0. The molecule has 1 unspecified atom stereocenters. The van der Waals surface area contributed by atoms with Crippen LogP contribution in [0.4, 0.5) is 5.95 Å². The van der Waals surface area contributed by atoms with E-state index in [-0.39, 0.29) is 18.4 Å². The van der Waals surface area contributed by atoms with Crippen LogP contribution in [0.2, 0.25) is 0 Å². The van der Waals surface area contributed by atoms with Gasteiger partial charge in [0.2, 0.25) is 11.9 Å². The van der Waals surface area contributed by atoms with Crippen molar-refractivity contribution in [3.05, 3.63) is 6.33 Å². The number of carbonyl (C=O) groups excluding carboxylic acids is 1. The fourth-order valence-corrected chi connectivity index (χ4v) is 2.02. The number of anilines is 1. The van der Waals surface area contributed by atoms with Crippen LogP contribution in [-0.2, 0) is 11.3 Å². The van der Waals surface area contributed by atoms with Gasteiger partial charge in [-0.05, 0) is 12.3 Å². The summed E-state index contributed by atoms with van der Waals surface area (Å²) in [6, 6.07) is 0. The van der Waals surface area contributed by atoms with Crippen LogP contribution in [0.1, 0.15) is 19.8 Å². The van der Waals surface area contributed by atoms with E-state index in [9.17, 15) is 4.79 Å². The molecule has 1 aliphatic rings. The third-order valence-electron chi connectivity index (χ3n) is 3.07. The first-order valence-corrected chi connectivity index (χ1v) is 5.61. The molecule has 1 fully saturated rings. The molecule has 6 heteroatoms. The van der Waals surface area contributed by atoms with Gasteiger partial charge in [-0.15, -0.1) is 5.10 Å². The second-order valence-electron chi connectivity index (χ2n) is 4.20. The Labute approximate surface area is 94.4 Å². The van der Waals surface area contributed by atoms with Crippen LogP contribution in [0.3, 0.4) is 0 Å². The summed E-state index contributed by atoms with van der Waals surface area (Å²) in [5.41, 5.74) is 5.38. The first-order valence-electron chi connectivity index (χ1n) is 5.61. The second-order valence-corrected chi connectivity index (χ2v) is 4.20. The molecule has 6 nitrogen and oxygen atoms in total. The lowest BCUT2D eigenvalue weighted by Crippen LogP contribution is -2.32. The average Bonchev–Trinajstić information content (AvgIpc) is 2.87. The predicted octanol–water partition coefficient (Wildman–Crippen LogP) is 0.119. The van der Waals surface area contributed by atoms with E-state index in [0.29, 0.717) is 5.92 Å². The van der Waals surface area contributed by atoms with Crippen LogP contribution in [0.15, 0.2) is 6.33 Å². The standard InChI is InChI=1S/C10H17N5O/c1-2-8-3-4-14(5-8)9(16)6-15-7-12-10(11)13-15/h7-8H,2-6H2,1H3,(H2,11,13). The number of nitrogens with zero attached hydrogens (tertiary/aromatic N) is 4. The maximum absolute atomic E-state index is 11.9. The Bertz CT molecular complexity index is 375. The maximum Gasteiger partial charge on any atom is 0.244 e. The number of carbonyl (C=O) groups is 1. The summed E-state index contributed by atoms with van der Waals surface area (Å²) in [6.45, 7) is 4.14. The van der Waals surface area contributed by atoms with Crippen LogP contribution in [0.5, 0.6) is 0 Å². The van der Waals surface area contributed by atoms with Crippen molar-refractivity contribution < 1.29 is 4.79 Å². The zero-order valence-corrected chi connectivity index (χ0v) is 9.46. The van der Waals surface area contributed by atoms with Crippen LogP contribution < -0.4 is 5.73 Å². The highest BCUT2D eigenvalue weighted by Crippen LogP contribution is 2.19. The molecular formula is C10H17N5O. The van der Waals surface area contributed by atoms with E-state index < -0.39 is 0 Å². The molecule has 1 aromatic heterocycles. The van der Waals surface area contributed by atoms with Gasteiger partial charge in [-0.3, -0.25) is 4.79 Å². The number of aromatic nitrogens is 3. The smallest absolute Gasteiger partial charge is 0.244 e. The van der Waals surface area contributed by atoms with Crippen molar-refractivity contribution in [2.24, 2.45) is 5.92 Å². The number of likely N-dealkylation sites (tertiary alicyclic amines) is 1. The summed E-state index contributed by atoms with van der Waals surface area (Å²) in [5, 5.41) is 3.90. The van der Waals surface area contributed by atoms with Crippen molar-refractivity contribution in [1.29, 1.82) is 0 Å². The Kier molecular flexibility index (Phi) is 3.07. The summed E-state index contributed by atoms with van der Waals surface area (Å²) < 4.78 is 1.48. The van der Waals surface area contributed by atoms with Crippen molar-refractivity contribution in [1.82, 2.24) is 19.7 Å². The van der Waals surface area contributed by atoms with E-state index in [4.69, 9.17) is 5.73 Å². The summed E-state index contributed by atoms with van der Waals surface area (Å²) >= 11 is 0. The Morgan fingerprint density at radius 2 is 2.50 bits per heavy atom. The molecule has 1 saturated heterocycles. The molecule has 1 amide bonds. The number of nitrogens with two attached hydrogens (primary N) is 1. The molecule has 2 heterocycles. The van der Waals surface area contributed by atoms with Crippen LogP contribution in [0, 0.1) is 5.92 Å². The monoisotopic (exact) mass is 223 g/mol. The van der Waals surface area contributed by atoms with Crippen molar-refractivity contribution in [3.63, 3.8) is 0 Å². The Morgan fingerprint density at radius 3 is 3.06 bits per heavy atom. The molecule has 2 N–H and O–H groups in total. The minimum Gasteiger partial charge on any atom is -0.367 e. The number of rotatable bonds is 3. The SMILES string of the molecule is CCC1CCN(C(=O)Cn2cnc(N)n2)C1.